The Labute approximate surface area is 312 Å². The fourth-order valence-electron chi connectivity index (χ4n) is 10.7. The average molecular weight is 687 g/mol. The first-order chi connectivity index (χ1) is 26.1. The molecule has 2 heteroatoms. The topological polar surface area (TPSA) is 9.86 Å². The van der Waals surface area contributed by atoms with Crippen molar-refractivity contribution in [3.8, 4) is 0 Å². The zero-order chi connectivity index (χ0) is 35.3. The fraction of sp³-hybridized carbons (Fsp3) is 0.255. The first-order valence-electron chi connectivity index (χ1n) is 20.0. The van der Waals surface area contributed by atoms with Crippen LogP contribution in [0.4, 0.5) is 0 Å². The number of benzene rings is 3. The highest BCUT2D eigenvalue weighted by Crippen LogP contribution is 2.53. The van der Waals surface area contributed by atoms with Gasteiger partial charge in [0.05, 0.1) is 11.6 Å². The summed E-state index contributed by atoms with van der Waals surface area (Å²) < 4.78 is 5.31. The molecule has 5 aromatic rings. The van der Waals surface area contributed by atoms with Gasteiger partial charge in [0.25, 0.3) is 0 Å². The Morgan fingerprint density at radius 3 is 2.47 bits per heavy atom. The zero-order valence-corrected chi connectivity index (χ0v) is 30.9. The molecule has 0 fully saturated rings. The largest absolute Gasteiger partial charge is 0.333 e. The molecule has 11 rings (SSSR count). The van der Waals surface area contributed by atoms with Gasteiger partial charge in [0.1, 0.15) is 0 Å². The lowest BCUT2D eigenvalue weighted by Gasteiger charge is -2.28. The van der Waals surface area contributed by atoms with Crippen molar-refractivity contribution < 1.29 is 0 Å². The van der Waals surface area contributed by atoms with Crippen LogP contribution in [0.25, 0.3) is 51.3 Å². The monoisotopic (exact) mass is 686 g/mol. The van der Waals surface area contributed by atoms with Crippen LogP contribution in [-0.4, -0.2) is 9.13 Å². The molecule has 2 atom stereocenters. The number of hydrogen-bond acceptors (Lipinski definition) is 0. The van der Waals surface area contributed by atoms with Crippen molar-refractivity contribution in [2.75, 3.05) is 0 Å². The Morgan fingerprint density at radius 1 is 0.717 bits per heavy atom. The van der Waals surface area contributed by atoms with Gasteiger partial charge in [-0.05, 0) is 115 Å². The summed E-state index contributed by atoms with van der Waals surface area (Å²) in [7, 11) is 0. The van der Waals surface area contributed by atoms with Crippen LogP contribution in [0.15, 0.2) is 132 Å². The number of rotatable bonds is 4. The highest BCUT2D eigenvalue weighted by Gasteiger charge is 2.41. The predicted octanol–water partition coefficient (Wildman–Crippen LogP) is 11.4. The van der Waals surface area contributed by atoms with Gasteiger partial charge >= 0.3 is 0 Å². The summed E-state index contributed by atoms with van der Waals surface area (Å²) >= 11 is 0. The Kier molecular flexibility index (Phi) is 6.97. The van der Waals surface area contributed by atoms with Crippen molar-refractivity contribution in [3.63, 3.8) is 0 Å². The van der Waals surface area contributed by atoms with Gasteiger partial charge in [-0.1, -0.05) is 123 Å². The van der Waals surface area contributed by atoms with E-state index in [1.165, 1.54) is 94.7 Å². The van der Waals surface area contributed by atoms with Crippen molar-refractivity contribution in [3.05, 3.63) is 171 Å². The standard InChI is InChI=1S/C51H46N2/c1-51(2)43-18-9-6-17-40(43)50-44(51)19-12-22-49(50)53-46-21-11-8-16-39(46)42-32-36(26-30-48(42)53)35-25-29-47-41(31-35)38-15-7-10-20-45(38)52(47)37-27-23-34(24-28-37)33-13-4-3-5-14-33/h3-4,6-9,11-13,15-19,21,23,25,27,29-32,36,49H,5,10,14,20,22,24,26,28H2,1-2H3. The lowest BCUT2D eigenvalue weighted by atomic mass is 9.79. The van der Waals surface area contributed by atoms with Crippen molar-refractivity contribution in [1.29, 1.82) is 0 Å². The van der Waals surface area contributed by atoms with E-state index < -0.39 is 0 Å². The predicted molar refractivity (Wildman–Crippen MR) is 224 cm³/mol. The smallest absolute Gasteiger partial charge is 0.0635 e. The van der Waals surface area contributed by atoms with E-state index in [1.807, 2.05) is 0 Å². The van der Waals surface area contributed by atoms with Gasteiger partial charge in [0.15, 0.2) is 0 Å². The summed E-state index contributed by atoms with van der Waals surface area (Å²) in [6, 6.07) is 25.9. The Hall–Kier alpha value is -5.34. The van der Waals surface area contributed by atoms with Gasteiger partial charge in [-0.3, -0.25) is 0 Å². The third kappa shape index (κ3) is 4.64. The molecule has 0 amide bonds. The molecular formula is C51H46N2. The van der Waals surface area contributed by atoms with E-state index in [-0.39, 0.29) is 11.5 Å². The highest BCUT2D eigenvalue weighted by molar-refractivity contribution is 5.95. The summed E-state index contributed by atoms with van der Waals surface area (Å²) in [4.78, 5) is 0. The van der Waals surface area contributed by atoms with Gasteiger partial charge in [0, 0.05) is 55.1 Å². The fourth-order valence-corrected chi connectivity index (χ4v) is 10.7. The van der Waals surface area contributed by atoms with Crippen LogP contribution in [0.5, 0.6) is 0 Å². The molecule has 0 aliphatic heterocycles. The second-order valence-corrected chi connectivity index (χ2v) is 16.5. The molecule has 6 aliphatic carbocycles. The van der Waals surface area contributed by atoms with Crippen molar-refractivity contribution in [2.45, 2.75) is 82.6 Å². The van der Waals surface area contributed by atoms with Gasteiger partial charge in [-0.2, -0.15) is 0 Å². The number of hydrogen-bond donors (Lipinski definition) is 0. The van der Waals surface area contributed by atoms with Gasteiger partial charge in [0.2, 0.25) is 0 Å². The molecule has 3 aromatic carbocycles. The van der Waals surface area contributed by atoms with Crippen LogP contribution in [0.1, 0.15) is 98.7 Å². The minimum atomic E-state index is 0.00868. The number of allylic oxidation sites excluding steroid dienone is 13. The van der Waals surface area contributed by atoms with Gasteiger partial charge < -0.3 is 9.13 Å². The molecular weight excluding hydrogens is 641 g/mol. The molecule has 53 heavy (non-hydrogen) atoms. The summed E-state index contributed by atoms with van der Waals surface area (Å²) in [5.41, 5.74) is 17.4. The summed E-state index contributed by atoms with van der Waals surface area (Å²) in [6.45, 7) is 4.80. The first kappa shape index (κ1) is 31.2. The number of fused-ring (bicyclic) bond motifs is 8. The Bertz CT molecular complexity index is 2750. The van der Waals surface area contributed by atoms with E-state index >= 15 is 0 Å². The average Bonchev–Trinajstić information content (AvgIpc) is 3.81. The molecule has 6 aliphatic rings. The second kappa shape index (κ2) is 11.8. The van der Waals surface area contributed by atoms with Crippen LogP contribution in [0.2, 0.25) is 0 Å². The number of aromatic nitrogens is 2. The third-order valence-corrected chi connectivity index (χ3v) is 13.3. The second-order valence-electron chi connectivity index (χ2n) is 16.5. The highest BCUT2D eigenvalue weighted by atomic mass is 15.0. The van der Waals surface area contributed by atoms with Gasteiger partial charge in [-0.15, -0.1) is 0 Å². The molecule has 2 aromatic heterocycles. The number of para-hydroxylation sites is 1. The van der Waals surface area contributed by atoms with E-state index in [4.69, 9.17) is 0 Å². The molecule has 0 bridgehead atoms. The Morgan fingerprint density at radius 2 is 1.58 bits per heavy atom. The Balaban J connectivity index is 1.01. The van der Waals surface area contributed by atoms with Crippen LogP contribution >= 0.6 is 0 Å². The zero-order valence-electron chi connectivity index (χ0n) is 30.9. The van der Waals surface area contributed by atoms with Crippen LogP contribution in [0.3, 0.4) is 0 Å². The maximum absolute atomic E-state index is 2.69. The molecule has 2 nitrogen and oxygen atoms in total. The van der Waals surface area contributed by atoms with Crippen LogP contribution in [-0.2, 0) is 11.8 Å². The van der Waals surface area contributed by atoms with Crippen LogP contribution < -0.4 is 10.6 Å². The minimum Gasteiger partial charge on any atom is -0.333 e. The lowest BCUT2D eigenvalue weighted by molar-refractivity contribution is 0.608. The minimum absolute atomic E-state index is 0.00868. The van der Waals surface area contributed by atoms with E-state index in [2.05, 4.69) is 157 Å². The molecule has 2 heterocycles. The van der Waals surface area contributed by atoms with E-state index in [9.17, 15) is 0 Å². The lowest BCUT2D eigenvalue weighted by Crippen LogP contribution is -2.35. The summed E-state index contributed by atoms with van der Waals surface area (Å²) in [6.07, 6.45) is 35.2. The molecule has 0 N–H and O–H groups in total. The van der Waals surface area contributed by atoms with Crippen LogP contribution in [0, 0.1) is 0 Å². The first-order valence-corrected chi connectivity index (χ1v) is 20.0. The maximum atomic E-state index is 2.69. The van der Waals surface area contributed by atoms with E-state index in [0.29, 0.717) is 5.92 Å². The third-order valence-electron chi connectivity index (χ3n) is 13.3. The summed E-state index contributed by atoms with van der Waals surface area (Å²) in [5, 5.41) is 5.56. The van der Waals surface area contributed by atoms with E-state index in [1.54, 1.807) is 0 Å². The molecule has 0 saturated heterocycles. The van der Waals surface area contributed by atoms with Crippen molar-refractivity contribution >= 4 is 51.3 Å². The number of nitrogens with zero attached hydrogens (tertiary/aromatic N) is 2. The molecule has 0 radical (unpaired) electrons. The molecule has 0 saturated carbocycles. The normalized spacial score (nSPS) is 22.4. The quantitative estimate of drug-likeness (QED) is 0.178. The molecule has 0 spiro atoms. The van der Waals surface area contributed by atoms with Crippen molar-refractivity contribution in [2.24, 2.45) is 0 Å². The molecule has 260 valence electrons. The summed E-state index contributed by atoms with van der Waals surface area (Å²) in [5.74, 6) is 0.335. The van der Waals surface area contributed by atoms with Gasteiger partial charge in [-0.25, -0.2) is 0 Å². The molecule has 2 unspecified atom stereocenters. The maximum Gasteiger partial charge on any atom is 0.0635 e. The van der Waals surface area contributed by atoms with Crippen molar-refractivity contribution in [1.82, 2.24) is 9.13 Å². The van der Waals surface area contributed by atoms with E-state index in [0.717, 1.165) is 44.9 Å². The SMILES string of the molecule is CC1(C)C2=C(c3ccccc31)C(n1c3c(c4ccccc41)=CC(c1ccc4c(c1)c1c(n4C4=CC=C(C5=CC=CCC5)CC4)CCC=C1)CC=3)CC=C2.